The molecule has 0 saturated carbocycles. The molecule has 2 N–H and O–H groups in total. The molecule has 3 rings (SSSR count). The van der Waals surface area contributed by atoms with Crippen molar-refractivity contribution in [3.05, 3.63) is 41.5 Å². The van der Waals surface area contributed by atoms with E-state index in [-0.39, 0.29) is 5.92 Å². The van der Waals surface area contributed by atoms with Gasteiger partial charge in [0.05, 0.1) is 5.92 Å². The van der Waals surface area contributed by atoms with Gasteiger partial charge in [-0.25, -0.2) is 0 Å². The second-order valence-electron chi connectivity index (χ2n) is 4.99. The summed E-state index contributed by atoms with van der Waals surface area (Å²) in [5.74, 6) is 2.68. The third-order valence-electron chi connectivity index (χ3n) is 3.42. The van der Waals surface area contributed by atoms with Crippen molar-refractivity contribution >= 4 is 0 Å². The molecule has 0 saturated heterocycles. The van der Waals surface area contributed by atoms with Crippen molar-refractivity contribution in [2.24, 2.45) is 11.7 Å². The fourth-order valence-corrected chi connectivity index (χ4v) is 2.25. The van der Waals surface area contributed by atoms with Gasteiger partial charge in [0.2, 0.25) is 5.89 Å². The van der Waals surface area contributed by atoms with E-state index in [1.807, 2.05) is 24.3 Å². The Kier molecular flexibility index (Phi) is 3.21. The maximum absolute atomic E-state index is 5.64. The summed E-state index contributed by atoms with van der Waals surface area (Å²) >= 11 is 0. The van der Waals surface area contributed by atoms with Crippen LogP contribution in [-0.2, 0) is 6.42 Å². The molecule has 19 heavy (non-hydrogen) atoms. The van der Waals surface area contributed by atoms with Crippen LogP contribution in [0.1, 0.15) is 30.1 Å². The third-order valence-corrected chi connectivity index (χ3v) is 3.42. The highest BCUT2D eigenvalue weighted by Gasteiger charge is 2.29. The van der Waals surface area contributed by atoms with Gasteiger partial charge in [-0.3, -0.25) is 0 Å². The monoisotopic (exact) mass is 259 g/mol. The van der Waals surface area contributed by atoms with Gasteiger partial charge in [0.1, 0.15) is 12.4 Å². The van der Waals surface area contributed by atoms with Gasteiger partial charge in [-0.2, -0.15) is 4.98 Å². The smallest absolute Gasteiger partial charge is 0.226 e. The van der Waals surface area contributed by atoms with Crippen LogP contribution in [0.15, 0.2) is 28.8 Å². The molecule has 1 aliphatic rings. The average Bonchev–Trinajstić information content (AvgIpc) is 3.04. The highest BCUT2D eigenvalue weighted by molar-refractivity contribution is 5.42. The van der Waals surface area contributed by atoms with Gasteiger partial charge in [0.25, 0.3) is 0 Å². The first kappa shape index (κ1) is 12.2. The summed E-state index contributed by atoms with van der Waals surface area (Å²) in [5, 5.41) is 4.08. The Balaban J connectivity index is 1.81. The van der Waals surface area contributed by atoms with Crippen molar-refractivity contribution in [3.63, 3.8) is 0 Å². The predicted molar refractivity (Wildman–Crippen MR) is 70.0 cm³/mol. The summed E-state index contributed by atoms with van der Waals surface area (Å²) < 4.78 is 10.9. The van der Waals surface area contributed by atoms with Crippen molar-refractivity contribution in [1.29, 1.82) is 0 Å². The number of para-hydroxylation sites is 1. The van der Waals surface area contributed by atoms with Crippen LogP contribution in [0, 0.1) is 5.92 Å². The zero-order valence-electron chi connectivity index (χ0n) is 10.9. The Morgan fingerprint density at radius 3 is 3.11 bits per heavy atom. The summed E-state index contributed by atoms with van der Waals surface area (Å²) in [6.45, 7) is 3.26. The van der Waals surface area contributed by atoms with E-state index in [2.05, 4.69) is 17.1 Å². The first-order valence-corrected chi connectivity index (χ1v) is 6.52. The quantitative estimate of drug-likeness (QED) is 0.905. The van der Waals surface area contributed by atoms with Crippen LogP contribution < -0.4 is 10.5 Å². The molecule has 1 aromatic heterocycles. The Bertz CT molecular complexity index is 567. The van der Waals surface area contributed by atoms with E-state index in [0.29, 0.717) is 30.8 Å². The molecule has 0 spiro atoms. The van der Waals surface area contributed by atoms with Gasteiger partial charge in [-0.1, -0.05) is 30.3 Å². The van der Waals surface area contributed by atoms with Crippen molar-refractivity contribution in [1.82, 2.24) is 10.1 Å². The molecule has 2 unspecified atom stereocenters. The number of hydrogen-bond acceptors (Lipinski definition) is 5. The Hall–Kier alpha value is -1.88. The van der Waals surface area contributed by atoms with E-state index in [1.165, 1.54) is 0 Å². The summed E-state index contributed by atoms with van der Waals surface area (Å²) in [6.07, 6.45) is 0.721. The molecule has 1 aromatic carbocycles. The van der Waals surface area contributed by atoms with Crippen molar-refractivity contribution in [3.8, 4) is 5.75 Å². The van der Waals surface area contributed by atoms with E-state index >= 15 is 0 Å². The van der Waals surface area contributed by atoms with Crippen LogP contribution in [0.2, 0.25) is 0 Å². The summed E-state index contributed by atoms with van der Waals surface area (Å²) in [4.78, 5) is 4.47. The van der Waals surface area contributed by atoms with Crippen LogP contribution in [0.3, 0.4) is 0 Å². The van der Waals surface area contributed by atoms with Crippen molar-refractivity contribution < 1.29 is 9.26 Å². The first-order chi connectivity index (χ1) is 9.28. The van der Waals surface area contributed by atoms with Crippen LogP contribution >= 0.6 is 0 Å². The van der Waals surface area contributed by atoms with Crippen LogP contribution in [0.4, 0.5) is 0 Å². The van der Waals surface area contributed by atoms with Crippen LogP contribution in [-0.4, -0.2) is 23.3 Å². The number of hydrogen-bond donors (Lipinski definition) is 1. The highest BCUT2D eigenvalue weighted by Crippen LogP contribution is 2.36. The van der Waals surface area contributed by atoms with Crippen molar-refractivity contribution in [2.45, 2.75) is 19.3 Å². The topological polar surface area (TPSA) is 74.2 Å². The second-order valence-corrected chi connectivity index (χ2v) is 4.99. The van der Waals surface area contributed by atoms with Gasteiger partial charge in [-0.05, 0) is 18.5 Å². The van der Waals surface area contributed by atoms with E-state index < -0.39 is 0 Å². The molecule has 1 aliphatic heterocycles. The van der Waals surface area contributed by atoms with Crippen molar-refractivity contribution in [2.75, 3.05) is 13.2 Å². The molecule has 2 heterocycles. The lowest BCUT2D eigenvalue weighted by Gasteiger charge is -2.03. The Labute approximate surface area is 111 Å². The molecule has 0 aliphatic carbocycles. The fraction of sp³-hybridized carbons (Fsp3) is 0.429. The molecule has 2 aromatic rings. The number of nitrogens with two attached hydrogens (primary N) is 1. The molecule has 5 heteroatoms. The largest absolute Gasteiger partial charge is 0.492 e. The van der Waals surface area contributed by atoms with E-state index in [0.717, 1.165) is 17.7 Å². The lowest BCUT2D eigenvalue weighted by molar-refractivity contribution is 0.329. The average molecular weight is 259 g/mol. The first-order valence-electron chi connectivity index (χ1n) is 6.52. The lowest BCUT2D eigenvalue weighted by atomic mass is 10.0. The summed E-state index contributed by atoms with van der Waals surface area (Å²) in [6, 6.07) is 7.97. The summed E-state index contributed by atoms with van der Waals surface area (Å²) in [7, 11) is 0. The number of ether oxygens (including phenoxy) is 1. The standard InChI is InChI=1S/C14H17N3O2/c1-9(7-15)6-13-16-14(17-19-13)11-8-18-12-5-3-2-4-10(11)12/h2-5,9,11H,6-8,15H2,1H3. The van der Waals surface area contributed by atoms with Gasteiger partial charge in [0, 0.05) is 12.0 Å². The SMILES string of the molecule is CC(CN)Cc1nc(C2COc3ccccc32)no1. The molecule has 100 valence electrons. The Morgan fingerprint density at radius 2 is 2.26 bits per heavy atom. The second kappa shape index (κ2) is 5.01. The number of fused-ring (bicyclic) bond motifs is 1. The summed E-state index contributed by atoms with van der Waals surface area (Å²) in [5.41, 5.74) is 6.73. The molecule has 2 atom stereocenters. The number of benzene rings is 1. The van der Waals surface area contributed by atoms with Crippen LogP contribution in [0.25, 0.3) is 0 Å². The van der Waals surface area contributed by atoms with Gasteiger partial charge < -0.3 is 15.0 Å². The zero-order valence-corrected chi connectivity index (χ0v) is 10.9. The normalized spacial score (nSPS) is 18.9. The zero-order chi connectivity index (χ0) is 13.2. The van der Waals surface area contributed by atoms with E-state index in [1.54, 1.807) is 0 Å². The molecule has 0 radical (unpaired) electrons. The van der Waals surface area contributed by atoms with Gasteiger partial charge in [0.15, 0.2) is 5.82 Å². The van der Waals surface area contributed by atoms with E-state index in [9.17, 15) is 0 Å². The Morgan fingerprint density at radius 1 is 1.42 bits per heavy atom. The maximum atomic E-state index is 5.64. The minimum Gasteiger partial charge on any atom is -0.492 e. The molecule has 5 nitrogen and oxygen atoms in total. The van der Waals surface area contributed by atoms with Crippen LogP contribution in [0.5, 0.6) is 5.75 Å². The molecular formula is C14H17N3O2. The molecule has 0 amide bonds. The third kappa shape index (κ3) is 2.33. The molecule has 0 bridgehead atoms. The number of nitrogens with zero attached hydrogens (tertiary/aromatic N) is 2. The fourth-order valence-electron chi connectivity index (χ4n) is 2.25. The van der Waals surface area contributed by atoms with Gasteiger partial charge >= 0.3 is 0 Å². The highest BCUT2D eigenvalue weighted by atomic mass is 16.5. The van der Waals surface area contributed by atoms with Gasteiger partial charge in [-0.15, -0.1) is 0 Å². The lowest BCUT2D eigenvalue weighted by Crippen LogP contribution is -2.13. The maximum Gasteiger partial charge on any atom is 0.226 e. The number of aromatic nitrogens is 2. The molecular weight excluding hydrogens is 242 g/mol. The molecule has 0 fully saturated rings. The number of rotatable bonds is 4. The predicted octanol–water partition coefficient (Wildman–Crippen LogP) is 1.73. The minimum absolute atomic E-state index is 0.0712. The minimum atomic E-state index is 0.0712. The van der Waals surface area contributed by atoms with E-state index in [4.69, 9.17) is 15.0 Å².